The van der Waals surface area contributed by atoms with Gasteiger partial charge in [-0.1, -0.05) is 6.92 Å². The van der Waals surface area contributed by atoms with Gasteiger partial charge in [0, 0.05) is 0 Å². The smallest absolute Gasteiger partial charge is 0.402 e. The van der Waals surface area contributed by atoms with Gasteiger partial charge in [-0.05, 0) is 0 Å². The molecule has 0 heterocycles. The maximum absolute atomic E-state index is 7.17. The molecule has 0 unspecified atom stereocenters. The normalized spacial score (nSPS) is 7.33. The van der Waals surface area contributed by atoms with Crippen LogP contribution in [0.5, 0.6) is 0 Å². The Balaban J connectivity index is 0. The van der Waals surface area contributed by atoms with Crippen molar-refractivity contribution in [2.24, 2.45) is 0 Å². The largest absolute Gasteiger partial charge is 1.00 e. The summed E-state index contributed by atoms with van der Waals surface area (Å²) in [5.74, 6) is 0. The third-order valence-corrected chi connectivity index (χ3v) is 0.885. The first-order chi connectivity index (χ1) is 5.13. The fourth-order valence-electron chi connectivity index (χ4n) is 0.470. The van der Waals surface area contributed by atoms with Crippen molar-refractivity contribution in [3.63, 3.8) is 0 Å². The first-order valence-electron chi connectivity index (χ1n) is 3.10. The van der Waals surface area contributed by atoms with Crippen LogP contribution < -0.4 is 18.9 Å². The monoisotopic (exact) mass is 160 g/mol. The molecule has 60 valence electrons. The van der Waals surface area contributed by atoms with Crippen molar-refractivity contribution in [3.8, 4) is 0 Å². The quantitative estimate of drug-likeness (QED) is 0.276. The third kappa shape index (κ3) is 12.4. The van der Waals surface area contributed by atoms with Crippen molar-refractivity contribution in [1.29, 1.82) is 0 Å². The van der Waals surface area contributed by atoms with Crippen LogP contribution in [0.25, 0.3) is 0 Å². The van der Waals surface area contributed by atoms with E-state index in [2.05, 4.69) is 13.0 Å². The summed E-state index contributed by atoms with van der Waals surface area (Å²) in [6, 6.07) is 10.8. The Morgan fingerprint density at radius 2 is 1.50 bits per heavy atom. The fourth-order valence-corrected chi connectivity index (χ4v) is 0.470. The summed E-state index contributed by atoms with van der Waals surface area (Å²) < 4.78 is 0. The standard InChI is InChI=1S/C7H7.BH3O3.Li/c1-7-5-3-2-4-6-7;2-1(3)4;/h3-6H,1H3;2-4H;/q-1;;+1. The van der Waals surface area contributed by atoms with Crippen LogP contribution in [0, 0.1) is 13.0 Å². The van der Waals surface area contributed by atoms with E-state index in [0.29, 0.717) is 0 Å². The number of hydrogen-bond donors (Lipinski definition) is 3. The second kappa shape index (κ2) is 8.86. The molecule has 1 rings (SSSR count). The molecule has 0 saturated heterocycles. The minimum absolute atomic E-state index is 0. The Hall–Kier alpha value is -0.238. The molecule has 1 aromatic carbocycles. The minimum Gasteiger partial charge on any atom is -0.402 e. The summed E-state index contributed by atoms with van der Waals surface area (Å²) >= 11 is 0. The number of aryl methyl sites for hydroxylation is 1. The van der Waals surface area contributed by atoms with Gasteiger partial charge < -0.3 is 15.1 Å². The summed E-state index contributed by atoms with van der Waals surface area (Å²) in [5, 5.41) is 21.5. The fraction of sp³-hybridized carbons (Fsp3) is 0.143. The van der Waals surface area contributed by atoms with Crippen molar-refractivity contribution in [1.82, 2.24) is 0 Å². The summed E-state index contributed by atoms with van der Waals surface area (Å²) in [6.07, 6.45) is 0. The number of rotatable bonds is 0. The molecule has 0 bridgehead atoms. The van der Waals surface area contributed by atoms with Gasteiger partial charge in [0.1, 0.15) is 0 Å². The SMILES string of the molecule is Cc1cc[c-]cc1.OB(O)O.[Li+]. The zero-order chi connectivity index (χ0) is 8.69. The Kier molecular flexibility index (Phi) is 10.5. The average molecular weight is 160 g/mol. The first-order valence-corrected chi connectivity index (χ1v) is 3.10. The van der Waals surface area contributed by atoms with Crippen molar-refractivity contribution in [3.05, 3.63) is 35.9 Å². The van der Waals surface area contributed by atoms with E-state index in [1.807, 2.05) is 24.3 Å². The molecule has 0 amide bonds. The van der Waals surface area contributed by atoms with Gasteiger partial charge in [0.25, 0.3) is 0 Å². The predicted octanol–water partition coefficient (Wildman–Crippen LogP) is -3.25. The van der Waals surface area contributed by atoms with Gasteiger partial charge in [0.15, 0.2) is 0 Å². The molecule has 3 nitrogen and oxygen atoms in total. The van der Waals surface area contributed by atoms with Crippen LogP contribution in [0.1, 0.15) is 5.56 Å². The van der Waals surface area contributed by atoms with Crippen molar-refractivity contribution in [2.45, 2.75) is 6.92 Å². The number of benzene rings is 1. The van der Waals surface area contributed by atoms with E-state index in [4.69, 9.17) is 15.1 Å². The van der Waals surface area contributed by atoms with Gasteiger partial charge in [0.2, 0.25) is 0 Å². The maximum atomic E-state index is 7.17. The molecule has 0 aliphatic carbocycles. The van der Waals surface area contributed by atoms with Crippen molar-refractivity contribution < 1.29 is 33.9 Å². The Morgan fingerprint density at radius 3 is 1.67 bits per heavy atom. The zero-order valence-electron chi connectivity index (χ0n) is 7.23. The molecule has 0 radical (unpaired) electrons. The molecule has 0 fully saturated rings. The number of hydrogen-bond acceptors (Lipinski definition) is 3. The van der Waals surface area contributed by atoms with Gasteiger partial charge in [-0.2, -0.15) is 35.9 Å². The van der Waals surface area contributed by atoms with Crippen LogP contribution in [0.2, 0.25) is 0 Å². The van der Waals surface area contributed by atoms with Gasteiger partial charge in [-0.3, -0.25) is 0 Å². The summed E-state index contributed by atoms with van der Waals surface area (Å²) in [4.78, 5) is 0. The summed E-state index contributed by atoms with van der Waals surface area (Å²) in [5.41, 5.74) is 1.29. The average Bonchev–Trinajstić information content (AvgIpc) is 1.87. The summed E-state index contributed by atoms with van der Waals surface area (Å²) in [6.45, 7) is 2.06. The van der Waals surface area contributed by atoms with Crippen LogP contribution in [-0.4, -0.2) is 22.4 Å². The van der Waals surface area contributed by atoms with Gasteiger partial charge in [0.05, 0.1) is 0 Å². The van der Waals surface area contributed by atoms with Crippen molar-refractivity contribution in [2.75, 3.05) is 0 Å². The van der Waals surface area contributed by atoms with Crippen LogP contribution in [-0.2, 0) is 0 Å². The Bertz CT molecular complexity index is 179. The van der Waals surface area contributed by atoms with E-state index < -0.39 is 7.32 Å². The van der Waals surface area contributed by atoms with Crippen LogP contribution in [0.15, 0.2) is 24.3 Å². The van der Waals surface area contributed by atoms with E-state index in [1.54, 1.807) is 0 Å². The van der Waals surface area contributed by atoms with Gasteiger partial charge >= 0.3 is 26.2 Å². The molecule has 12 heavy (non-hydrogen) atoms. The zero-order valence-corrected chi connectivity index (χ0v) is 7.23. The van der Waals surface area contributed by atoms with Gasteiger partial charge in [-0.15, -0.1) is 0 Å². The molecular weight excluding hydrogens is 150 g/mol. The molecule has 0 atom stereocenters. The molecular formula is C7H10BLiO3. The molecule has 5 heteroatoms. The van der Waals surface area contributed by atoms with E-state index in [-0.39, 0.29) is 18.9 Å². The maximum Gasteiger partial charge on any atom is 1.00 e. The Labute approximate surface area is 84.4 Å². The summed E-state index contributed by atoms with van der Waals surface area (Å²) in [7, 11) is -2.17. The topological polar surface area (TPSA) is 60.7 Å². The van der Waals surface area contributed by atoms with Gasteiger partial charge in [-0.25, -0.2) is 0 Å². The molecule has 0 aromatic heterocycles. The molecule has 1 aromatic rings. The minimum atomic E-state index is -2.17. The van der Waals surface area contributed by atoms with E-state index in [9.17, 15) is 0 Å². The molecule has 0 aliphatic rings. The van der Waals surface area contributed by atoms with Crippen LogP contribution in [0.4, 0.5) is 0 Å². The molecule has 0 spiro atoms. The molecule has 0 aliphatic heterocycles. The van der Waals surface area contributed by atoms with E-state index >= 15 is 0 Å². The van der Waals surface area contributed by atoms with Crippen LogP contribution >= 0.6 is 0 Å². The molecule has 0 saturated carbocycles. The Morgan fingerprint density at radius 1 is 1.17 bits per heavy atom. The predicted molar refractivity (Wildman–Crippen MR) is 42.4 cm³/mol. The second-order valence-corrected chi connectivity index (χ2v) is 1.92. The molecule has 3 N–H and O–H groups in total. The van der Waals surface area contributed by atoms with Crippen LogP contribution in [0.3, 0.4) is 0 Å². The third-order valence-electron chi connectivity index (χ3n) is 0.885. The first kappa shape index (κ1) is 14.3. The van der Waals surface area contributed by atoms with Crippen molar-refractivity contribution >= 4 is 7.32 Å². The van der Waals surface area contributed by atoms with E-state index in [0.717, 1.165) is 0 Å². The van der Waals surface area contributed by atoms with E-state index in [1.165, 1.54) is 5.56 Å². The second-order valence-electron chi connectivity index (χ2n) is 1.92.